The van der Waals surface area contributed by atoms with Crippen LogP contribution in [-0.4, -0.2) is 11.7 Å². The SMILES string of the molecule is O=C1N/C(=C\C2CC2)C(=O)C1c1ccccc1. The maximum absolute atomic E-state index is 12.1. The minimum absolute atomic E-state index is 0.0897. The van der Waals surface area contributed by atoms with E-state index in [0.29, 0.717) is 11.6 Å². The highest BCUT2D eigenvalue weighted by atomic mass is 16.2. The van der Waals surface area contributed by atoms with E-state index >= 15 is 0 Å². The number of benzene rings is 1. The Kier molecular flexibility index (Phi) is 2.32. The molecule has 1 aromatic rings. The lowest BCUT2D eigenvalue weighted by molar-refractivity contribution is -0.124. The van der Waals surface area contributed by atoms with Crippen LogP contribution in [0, 0.1) is 5.92 Å². The molecule has 1 atom stereocenters. The summed E-state index contributed by atoms with van der Waals surface area (Å²) in [4.78, 5) is 24.0. The molecule has 1 saturated heterocycles. The third-order valence-electron chi connectivity index (χ3n) is 3.20. The van der Waals surface area contributed by atoms with Crippen molar-refractivity contribution >= 4 is 11.7 Å². The molecule has 1 N–H and O–H groups in total. The highest BCUT2D eigenvalue weighted by Crippen LogP contribution is 2.33. The zero-order chi connectivity index (χ0) is 11.8. The summed E-state index contributed by atoms with van der Waals surface area (Å²) in [6.45, 7) is 0. The Hall–Kier alpha value is -1.90. The van der Waals surface area contributed by atoms with Crippen LogP contribution in [0.4, 0.5) is 0 Å². The number of rotatable bonds is 2. The van der Waals surface area contributed by atoms with Crippen LogP contribution in [0.2, 0.25) is 0 Å². The molecule has 1 aliphatic heterocycles. The molecule has 2 fully saturated rings. The second kappa shape index (κ2) is 3.84. The van der Waals surface area contributed by atoms with Gasteiger partial charge in [-0.1, -0.05) is 36.4 Å². The minimum atomic E-state index is -0.652. The fraction of sp³-hybridized carbons (Fsp3) is 0.286. The molecule has 3 rings (SSSR count). The van der Waals surface area contributed by atoms with Crippen LogP contribution in [0.25, 0.3) is 0 Å². The first-order chi connectivity index (χ1) is 8.25. The average molecular weight is 227 g/mol. The second-order valence-electron chi connectivity index (χ2n) is 4.61. The van der Waals surface area contributed by atoms with Crippen LogP contribution < -0.4 is 5.32 Å². The Labute approximate surface area is 99.5 Å². The Morgan fingerprint density at radius 2 is 1.82 bits per heavy atom. The lowest BCUT2D eigenvalue weighted by Gasteiger charge is -2.03. The molecule has 0 radical (unpaired) electrons. The van der Waals surface area contributed by atoms with Gasteiger partial charge >= 0.3 is 0 Å². The van der Waals surface area contributed by atoms with Crippen molar-refractivity contribution in [3.05, 3.63) is 47.7 Å². The van der Waals surface area contributed by atoms with Gasteiger partial charge in [-0.3, -0.25) is 9.59 Å². The van der Waals surface area contributed by atoms with E-state index in [4.69, 9.17) is 0 Å². The molecule has 3 heteroatoms. The predicted octanol–water partition coefficient (Wildman–Crippen LogP) is 1.76. The Morgan fingerprint density at radius 3 is 2.47 bits per heavy atom. The van der Waals surface area contributed by atoms with Crippen molar-refractivity contribution in [1.29, 1.82) is 0 Å². The van der Waals surface area contributed by atoms with Crippen LogP contribution in [0.5, 0.6) is 0 Å². The van der Waals surface area contributed by atoms with E-state index in [2.05, 4.69) is 5.32 Å². The number of nitrogens with one attached hydrogen (secondary N) is 1. The number of hydrogen-bond acceptors (Lipinski definition) is 2. The van der Waals surface area contributed by atoms with Gasteiger partial charge in [-0.05, 0) is 24.3 Å². The van der Waals surface area contributed by atoms with Crippen molar-refractivity contribution < 1.29 is 9.59 Å². The molecule has 1 saturated carbocycles. The molecule has 1 heterocycles. The highest BCUT2D eigenvalue weighted by Gasteiger charge is 2.39. The van der Waals surface area contributed by atoms with Crippen molar-refractivity contribution in [2.75, 3.05) is 0 Å². The summed E-state index contributed by atoms with van der Waals surface area (Å²) in [6.07, 6.45) is 4.16. The van der Waals surface area contributed by atoms with Gasteiger partial charge in [-0.2, -0.15) is 0 Å². The normalized spacial score (nSPS) is 26.4. The number of ketones is 1. The summed E-state index contributed by atoms with van der Waals surface area (Å²) in [7, 11) is 0. The number of hydrogen-bond donors (Lipinski definition) is 1. The molecule has 1 amide bonds. The lowest BCUT2D eigenvalue weighted by Crippen LogP contribution is -2.17. The fourth-order valence-electron chi connectivity index (χ4n) is 2.11. The molecule has 0 aromatic heterocycles. The van der Waals surface area contributed by atoms with Gasteiger partial charge in [0.2, 0.25) is 5.91 Å². The molecule has 0 spiro atoms. The summed E-state index contributed by atoms with van der Waals surface area (Å²) in [5.41, 5.74) is 1.26. The van der Waals surface area contributed by atoms with Crippen LogP contribution in [-0.2, 0) is 9.59 Å². The summed E-state index contributed by atoms with van der Waals surface area (Å²) < 4.78 is 0. The van der Waals surface area contributed by atoms with Gasteiger partial charge in [-0.15, -0.1) is 0 Å². The van der Waals surface area contributed by atoms with Crippen molar-refractivity contribution in [1.82, 2.24) is 5.32 Å². The third-order valence-corrected chi connectivity index (χ3v) is 3.20. The van der Waals surface area contributed by atoms with Crippen molar-refractivity contribution in [2.45, 2.75) is 18.8 Å². The molecular formula is C14H13NO2. The van der Waals surface area contributed by atoms with E-state index in [-0.39, 0.29) is 11.7 Å². The monoisotopic (exact) mass is 227 g/mol. The first-order valence-electron chi connectivity index (χ1n) is 5.87. The Bertz CT molecular complexity index is 500. The van der Waals surface area contributed by atoms with Gasteiger partial charge in [0, 0.05) is 0 Å². The predicted molar refractivity (Wildman–Crippen MR) is 63.1 cm³/mol. The van der Waals surface area contributed by atoms with Crippen LogP contribution in [0.15, 0.2) is 42.1 Å². The summed E-state index contributed by atoms with van der Waals surface area (Å²) >= 11 is 0. The van der Waals surface area contributed by atoms with Crippen LogP contribution in [0.1, 0.15) is 24.3 Å². The van der Waals surface area contributed by atoms with Crippen molar-refractivity contribution in [2.24, 2.45) is 5.92 Å². The Morgan fingerprint density at radius 1 is 1.12 bits per heavy atom. The molecule has 3 nitrogen and oxygen atoms in total. The second-order valence-corrected chi connectivity index (χ2v) is 4.61. The van der Waals surface area contributed by atoms with E-state index in [0.717, 1.165) is 18.4 Å². The Balaban J connectivity index is 1.91. The lowest BCUT2D eigenvalue weighted by atomic mass is 9.96. The molecular weight excluding hydrogens is 214 g/mol. The number of Topliss-reactive ketones (excluding diaryl/α,β-unsaturated/α-hetero) is 1. The highest BCUT2D eigenvalue weighted by molar-refractivity contribution is 6.21. The van der Waals surface area contributed by atoms with E-state index in [9.17, 15) is 9.59 Å². The molecule has 0 bridgehead atoms. The number of carbonyl (C=O) groups excluding carboxylic acids is 2. The molecule has 1 aliphatic carbocycles. The zero-order valence-electron chi connectivity index (χ0n) is 9.35. The van der Waals surface area contributed by atoms with Gasteiger partial charge in [0.05, 0.1) is 5.70 Å². The van der Waals surface area contributed by atoms with Crippen LogP contribution in [0.3, 0.4) is 0 Å². The van der Waals surface area contributed by atoms with Crippen LogP contribution >= 0.6 is 0 Å². The van der Waals surface area contributed by atoms with E-state index in [1.165, 1.54) is 0 Å². The summed E-state index contributed by atoms with van der Waals surface area (Å²) in [5.74, 6) is -0.453. The first kappa shape index (κ1) is 10.3. The standard InChI is InChI=1S/C14H13NO2/c16-13-11(8-9-6-7-9)15-14(17)12(13)10-4-2-1-3-5-10/h1-5,8-9,12H,6-7H2,(H,15,17)/b11-8-. The fourth-order valence-corrected chi connectivity index (χ4v) is 2.11. The topological polar surface area (TPSA) is 46.2 Å². The van der Waals surface area contributed by atoms with Crippen molar-refractivity contribution in [3.63, 3.8) is 0 Å². The average Bonchev–Trinajstić information content (AvgIpc) is 3.09. The quantitative estimate of drug-likeness (QED) is 0.618. The summed E-state index contributed by atoms with van der Waals surface area (Å²) in [5, 5.41) is 2.70. The maximum Gasteiger partial charge on any atom is 0.239 e. The van der Waals surface area contributed by atoms with Gasteiger partial charge < -0.3 is 5.32 Å². The van der Waals surface area contributed by atoms with Gasteiger partial charge in [0.15, 0.2) is 5.78 Å². The van der Waals surface area contributed by atoms with E-state index in [1.807, 2.05) is 36.4 Å². The van der Waals surface area contributed by atoms with Gasteiger partial charge in [0.25, 0.3) is 0 Å². The van der Waals surface area contributed by atoms with E-state index in [1.54, 1.807) is 0 Å². The molecule has 2 aliphatic rings. The van der Waals surface area contributed by atoms with Gasteiger partial charge in [0.1, 0.15) is 5.92 Å². The molecule has 17 heavy (non-hydrogen) atoms. The summed E-state index contributed by atoms with van der Waals surface area (Å²) in [6, 6.07) is 9.21. The molecule has 1 aromatic carbocycles. The molecule has 86 valence electrons. The van der Waals surface area contributed by atoms with Crippen molar-refractivity contribution in [3.8, 4) is 0 Å². The van der Waals surface area contributed by atoms with Gasteiger partial charge in [-0.25, -0.2) is 0 Å². The maximum atomic E-state index is 12.1. The number of allylic oxidation sites excluding steroid dienone is 2. The first-order valence-corrected chi connectivity index (χ1v) is 5.87. The minimum Gasteiger partial charge on any atom is -0.322 e. The van der Waals surface area contributed by atoms with E-state index < -0.39 is 5.92 Å². The number of amides is 1. The molecule has 1 unspecified atom stereocenters. The largest absolute Gasteiger partial charge is 0.322 e. The smallest absolute Gasteiger partial charge is 0.239 e. The zero-order valence-corrected chi connectivity index (χ0v) is 9.35. The third kappa shape index (κ3) is 1.88. The number of carbonyl (C=O) groups is 2.